The van der Waals surface area contributed by atoms with E-state index in [-0.39, 0.29) is 11.9 Å². The molecule has 1 atom stereocenters. The third kappa shape index (κ3) is 4.15. The zero-order valence-corrected chi connectivity index (χ0v) is 10.9. The molecule has 0 aliphatic rings. The smallest absolute Gasteiger partial charge is 0.124 e. The highest BCUT2D eigenvalue weighted by Gasteiger charge is 2.06. The Balaban J connectivity index is 1.82. The van der Waals surface area contributed by atoms with E-state index >= 15 is 0 Å². The number of hydrogen-bond donors (Lipinski definition) is 1. The molecule has 90 valence electrons. The molecule has 1 aromatic heterocycles. The summed E-state index contributed by atoms with van der Waals surface area (Å²) in [4.78, 5) is 2.24. The third-order valence-electron chi connectivity index (χ3n) is 2.30. The second-order valence-corrected chi connectivity index (χ2v) is 5.94. The summed E-state index contributed by atoms with van der Waals surface area (Å²) in [6.45, 7) is 0. The van der Waals surface area contributed by atoms with Crippen molar-refractivity contribution in [1.29, 1.82) is 0 Å². The van der Waals surface area contributed by atoms with E-state index < -0.39 is 0 Å². The van der Waals surface area contributed by atoms with Gasteiger partial charge in [-0.05, 0) is 36.1 Å². The van der Waals surface area contributed by atoms with Gasteiger partial charge in [-0.2, -0.15) is 0 Å². The Kier molecular flexibility index (Phi) is 4.59. The fourth-order valence-corrected chi connectivity index (χ4v) is 3.20. The summed E-state index contributed by atoms with van der Waals surface area (Å²) in [5, 5.41) is 2.06. The van der Waals surface area contributed by atoms with Crippen LogP contribution in [-0.2, 0) is 6.42 Å². The first-order valence-electron chi connectivity index (χ1n) is 5.40. The van der Waals surface area contributed by atoms with E-state index in [0.29, 0.717) is 0 Å². The van der Waals surface area contributed by atoms with Crippen LogP contribution < -0.4 is 5.73 Å². The van der Waals surface area contributed by atoms with Gasteiger partial charge in [-0.15, -0.1) is 23.1 Å². The van der Waals surface area contributed by atoms with Crippen LogP contribution in [0, 0.1) is 5.82 Å². The van der Waals surface area contributed by atoms with Gasteiger partial charge in [0.15, 0.2) is 0 Å². The summed E-state index contributed by atoms with van der Waals surface area (Å²) < 4.78 is 13.0. The average Bonchev–Trinajstić information content (AvgIpc) is 2.79. The van der Waals surface area contributed by atoms with Crippen molar-refractivity contribution in [2.24, 2.45) is 5.73 Å². The van der Waals surface area contributed by atoms with Gasteiger partial charge in [-0.1, -0.05) is 12.1 Å². The molecule has 2 rings (SSSR count). The van der Waals surface area contributed by atoms with E-state index in [0.717, 1.165) is 17.1 Å². The van der Waals surface area contributed by atoms with Crippen molar-refractivity contribution >= 4 is 23.1 Å². The number of thiophene rings is 1. The normalized spacial score (nSPS) is 12.6. The summed E-state index contributed by atoms with van der Waals surface area (Å²) in [5.74, 6) is 0.614. The lowest BCUT2D eigenvalue weighted by molar-refractivity contribution is 0.624. The lowest BCUT2D eigenvalue weighted by Crippen LogP contribution is -2.25. The lowest BCUT2D eigenvalue weighted by Gasteiger charge is -2.09. The van der Waals surface area contributed by atoms with Crippen LogP contribution in [0.1, 0.15) is 4.88 Å². The van der Waals surface area contributed by atoms with Gasteiger partial charge in [0.05, 0.1) is 0 Å². The number of nitrogens with two attached hydrogens (primary N) is 1. The van der Waals surface area contributed by atoms with E-state index in [2.05, 4.69) is 11.4 Å². The molecule has 2 aromatic rings. The van der Waals surface area contributed by atoms with E-state index in [1.807, 2.05) is 12.1 Å². The first kappa shape index (κ1) is 12.6. The molecule has 0 spiro atoms. The predicted molar refractivity (Wildman–Crippen MR) is 73.1 cm³/mol. The van der Waals surface area contributed by atoms with E-state index in [1.54, 1.807) is 35.2 Å². The zero-order chi connectivity index (χ0) is 12.1. The highest BCUT2D eigenvalue weighted by Crippen LogP contribution is 2.20. The second-order valence-electron chi connectivity index (χ2n) is 3.81. The highest BCUT2D eigenvalue weighted by molar-refractivity contribution is 7.99. The molecule has 1 nitrogen and oxygen atoms in total. The highest BCUT2D eigenvalue weighted by atomic mass is 32.2. The van der Waals surface area contributed by atoms with Crippen molar-refractivity contribution in [3.63, 3.8) is 0 Å². The van der Waals surface area contributed by atoms with Crippen LogP contribution in [0.4, 0.5) is 4.39 Å². The van der Waals surface area contributed by atoms with Gasteiger partial charge in [0.1, 0.15) is 5.82 Å². The van der Waals surface area contributed by atoms with Gasteiger partial charge >= 0.3 is 0 Å². The number of rotatable bonds is 5. The van der Waals surface area contributed by atoms with Crippen LogP contribution in [0.3, 0.4) is 0 Å². The monoisotopic (exact) mass is 267 g/mol. The maximum atomic E-state index is 13.0. The van der Waals surface area contributed by atoms with Crippen molar-refractivity contribution < 1.29 is 4.39 Å². The Morgan fingerprint density at radius 3 is 2.88 bits per heavy atom. The summed E-state index contributed by atoms with van der Waals surface area (Å²) in [5.41, 5.74) is 6.04. The summed E-state index contributed by atoms with van der Waals surface area (Å²) >= 11 is 3.33. The standard InChI is InChI=1S/C13H14FNS2/c14-10-3-1-4-12(7-10)17-9-11(15)8-13-5-2-6-16-13/h1-7,11H,8-9,15H2. The van der Waals surface area contributed by atoms with Gasteiger partial charge in [0, 0.05) is 21.6 Å². The molecular formula is C13H14FNS2. The molecule has 0 aliphatic carbocycles. The quantitative estimate of drug-likeness (QED) is 0.838. The van der Waals surface area contributed by atoms with Crippen LogP contribution in [0.15, 0.2) is 46.7 Å². The van der Waals surface area contributed by atoms with E-state index in [4.69, 9.17) is 5.73 Å². The summed E-state index contributed by atoms with van der Waals surface area (Å²) in [6.07, 6.45) is 0.889. The Hall–Kier alpha value is -0.840. The number of hydrogen-bond acceptors (Lipinski definition) is 3. The molecule has 1 unspecified atom stereocenters. The van der Waals surface area contributed by atoms with E-state index in [9.17, 15) is 4.39 Å². The molecule has 0 radical (unpaired) electrons. The second kappa shape index (κ2) is 6.19. The van der Waals surface area contributed by atoms with Crippen LogP contribution >= 0.6 is 23.1 Å². The average molecular weight is 267 g/mol. The first-order chi connectivity index (χ1) is 8.24. The predicted octanol–water partition coefficient (Wildman–Crippen LogP) is 3.55. The fraction of sp³-hybridized carbons (Fsp3) is 0.231. The summed E-state index contributed by atoms with van der Waals surface area (Å²) in [7, 11) is 0. The summed E-state index contributed by atoms with van der Waals surface area (Å²) in [6, 6.07) is 10.9. The molecule has 1 heterocycles. The molecular weight excluding hydrogens is 253 g/mol. The number of thioether (sulfide) groups is 1. The largest absolute Gasteiger partial charge is 0.327 e. The van der Waals surface area contributed by atoms with Crippen LogP contribution in [-0.4, -0.2) is 11.8 Å². The minimum absolute atomic E-state index is 0.113. The molecule has 2 N–H and O–H groups in total. The Labute approximate surface area is 109 Å². The van der Waals surface area contributed by atoms with Gasteiger partial charge in [0.2, 0.25) is 0 Å². The Bertz CT molecular complexity index is 456. The Morgan fingerprint density at radius 2 is 2.18 bits per heavy atom. The van der Waals surface area contributed by atoms with Crippen molar-refractivity contribution in [2.75, 3.05) is 5.75 Å². The lowest BCUT2D eigenvalue weighted by atomic mass is 10.2. The van der Waals surface area contributed by atoms with Gasteiger partial charge in [0.25, 0.3) is 0 Å². The fourth-order valence-electron chi connectivity index (χ4n) is 1.51. The van der Waals surface area contributed by atoms with Gasteiger partial charge < -0.3 is 5.73 Å². The molecule has 1 aromatic carbocycles. The van der Waals surface area contributed by atoms with Crippen LogP contribution in [0.5, 0.6) is 0 Å². The molecule has 0 saturated heterocycles. The van der Waals surface area contributed by atoms with Crippen LogP contribution in [0.2, 0.25) is 0 Å². The minimum atomic E-state index is -0.193. The van der Waals surface area contributed by atoms with E-state index in [1.165, 1.54) is 10.9 Å². The number of halogens is 1. The van der Waals surface area contributed by atoms with Crippen molar-refractivity contribution in [2.45, 2.75) is 17.4 Å². The molecule has 0 fully saturated rings. The minimum Gasteiger partial charge on any atom is -0.327 e. The molecule has 0 aliphatic heterocycles. The third-order valence-corrected chi connectivity index (χ3v) is 4.38. The van der Waals surface area contributed by atoms with Gasteiger partial charge in [-0.25, -0.2) is 4.39 Å². The first-order valence-corrected chi connectivity index (χ1v) is 7.27. The molecule has 0 bridgehead atoms. The SMILES string of the molecule is NC(CSc1cccc(F)c1)Cc1cccs1. The van der Waals surface area contributed by atoms with Crippen molar-refractivity contribution in [1.82, 2.24) is 0 Å². The zero-order valence-electron chi connectivity index (χ0n) is 9.30. The molecule has 0 saturated carbocycles. The maximum absolute atomic E-state index is 13.0. The molecule has 4 heteroatoms. The van der Waals surface area contributed by atoms with Gasteiger partial charge in [-0.3, -0.25) is 0 Å². The molecule has 0 amide bonds. The van der Waals surface area contributed by atoms with Crippen molar-refractivity contribution in [3.05, 3.63) is 52.5 Å². The topological polar surface area (TPSA) is 26.0 Å². The van der Waals surface area contributed by atoms with Crippen molar-refractivity contribution in [3.8, 4) is 0 Å². The number of benzene rings is 1. The molecule has 17 heavy (non-hydrogen) atoms. The van der Waals surface area contributed by atoms with Crippen LogP contribution in [0.25, 0.3) is 0 Å². The maximum Gasteiger partial charge on any atom is 0.124 e. The Morgan fingerprint density at radius 1 is 1.29 bits per heavy atom.